The fourth-order valence-electron chi connectivity index (χ4n) is 3.83. The number of ether oxygens (including phenoxy) is 3. The van der Waals surface area contributed by atoms with Crippen molar-refractivity contribution in [2.75, 3.05) is 18.1 Å². The topological polar surface area (TPSA) is 94.2 Å². The molecule has 208 valence electrons. The van der Waals surface area contributed by atoms with Crippen LogP contribution in [0.15, 0.2) is 60.2 Å². The first kappa shape index (κ1) is 29.7. The summed E-state index contributed by atoms with van der Waals surface area (Å²) in [5.74, 6) is 0.00520. The molecule has 4 amide bonds. The van der Waals surface area contributed by atoms with Gasteiger partial charge in [0, 0.05) is 0 Å². The highest BCUT2D eigenvalue weighted by Gasteiger charge is 2.37. The van der Waals surface area contributed by atoms with Gasteiger partial charge in [0.15, 0.2) is 11.5 Å². The minimum Gasteiger partial charge on any atom is -0.494 e. The van der Waals surface area contributed by atoms with Gasteiger partial charge in [-0.05, 0) is 102 Å². The van der Waals surface area contributed by atoms with Crippen LogP contribution >= 0.6 is 45.8 Å². The van der Waals surface area contributed by atoms with Gasteiger partial charge in [0.2, 0.25) is 0 Å². The number of nitrogens with one attached hydrogen (secondary N) is 1. The Morgan fingerprint density at radius 2 is 1.68 bits per heavy atom. The first-order valence-corrected chi connectivity index (χ1v) is 14.2. The molecule has 11 heteroatoms. The second-order valence-corrected chi connectivity index (χ2v) is 10.6. The third-order valence-electron chi connectivity index (χ3n) is 5.68. The number of hydrogen-bond acceptors (Lipinski definition) is 6. The van der Waals surface area contributed by atoms with Crippen molar-refractivity contribution in [2.24, 2.45) is 0 Å². The van der Waals surface area contributed by atoms with Crippen LogP contribution < -0.4 is 24.4 Å². The Morgan fingerprint density at radius 3 is 2.35 bits per heavy atom. The summed E-state index contributed by atoms with van der Waals surface area (Å²) in [4.78, 5) is 39.6. The maximum atomic E-state index is 13.3. The van der Waals surface area contributed by atoms with Gasteiger partial charge in [-0.1, -0.05) is 36.2 Å². The monoisotopic (exact) mass is 694 g/mol. The van der Waals surface area contributed by atoms with Gasteiger partial charge in [0.05, 0.1) is 32.5 Å². The molecule has 0 aliphatic carbocycles. The Balaban J connectivity index is 1.61. The largest absolute Gasteiger partial charge is 0.494 e. The van der Waals surface area contributed by atoms with Crippen molar-refractivity contribution in [2.45, 2.75) is 26.9 Å². The zero-order valence-corrected chi connectivity index (χ0v) is 25.3. The van der Waals surface area contributed by atoms with Crippen molar-refractivity contribution < 1.29 is 28.6 Å². The molecular formula is C29H25Cl2IN2O6. The average Bonchev–Trinajstić information content (AvgIpc) is 2.92. The van der Waals surface area contributed by atoms with E-state index in [4.69, 9.17) is 37.4 Å². The Morgan fingerprint density at radius 1 is 0.925 bits per heavy atom. The number of barbiturate groups is 1. The molecule has 1 N–H and O–H groups in total. The van der Waals surface area contributed by atoms with E-state index in [1.165, 1.54) is 6.08 Å². The summed E-state index contributed by atoms with van der Waals surface area (Å²) >= 11 is 14.2. The first-order valence-electron chi connectivity index (χ1n) is 12.4. The van der Waals surface area contributed by atoms with Crippen molar-refractivity contribution in [3.05, 3.63) is 84.9 Å². The van der Waals surface area contributed by atoms with Crippen LogP contribution in [0.5, 0.6) is 17.2 Å². The average molecular weight is 695 g/mol. The van der Waals surface area contributed by atoms with E-state index < -0.39 is 17.8 Å². The van der Waals surface area contributed by atoms with Crippen LogP contribution in [0.4, 0.5) is 10.5 Å². The summed E-state index contributed by atoms with van der Waals surface area (Å²) in [5.41, 5.74) is 1.44. The van der Waals surface area contributed by atoms with E-state index in [-0.39, 0.29) is 12.2 Å². The maximum Gasteiger partial charge on any atom is 0.335 e. The normalized spacial score (nSPS) is 14.4. The summed E-state index contributed by atoms with van der Waals surface area (Å²) < 4.78 is 18.1. The molecule has 0 radical (unpaired) electrons. The number of urea groups is 1. The Bertz CT molecular complexity index is 1480. The van der Waals surface area contributed by atoms with Crippen molar-refractivity contribution in [3.63, 3.8) is 0 Å². The van der Waals surface area contributed by atoms with E-state index in [1.807, 2.05) is 19.9 Å². The number of hydrogen-bond donors (Lipinski definition) is 1. The predicted molar refractivity (Wildman–Crippen MR) is 162 cm³/mol. The zero-order valence-electron chi connectivity index (χ0n) is 21.6. The smallest absolute Gasteiger partial charge is 0.335 e. The lowest BCUT2D eigenvalue weighted by atomic mass is 10.1. The molecule has 0 spiro atoms. The van der Waals surface area contributed by atoms with E-state index in [0.717, 1.165) is 16.9 Å². The third kappa shape index (κ3) is 6.89. The van der Waals surface area contributed by atoms with Crippen LogP contribution in [0, 0.1) is 3.57 Å². The van der Waals surface area contributed by atoms with Crippen molar-refractivity contribution in [3.8, 4) is 17.2 Å². The zero-order chi connectivity index (χ0) is 28.8. The molecule has 8 nitrogen and oxygen atoms in total. The molecule has 1 fully saturated rings. The van der Waals surface area contributed by atoms with Crippen molar-refractivity contribution in [1.82, 2.24) is 5.32 Å². The van der Waals surface area contributed by atoms with E-state index in [1.54, 1.807) is 48.5 Å². The summed E-state index contributed by atoms with van der Waals surface area (Å²) in [7, 11) is 0. The summed E-state index contributed by atoms with van der Waals surface area (Å²) in [5, 5.41) is 3.12. The maximum absolute atomic E-state index is 13.3. The van der Waals surface area contributed by atoms with Crippen molar-refractivity contribution in [1.29, 1.82) is 0 Å². The molecule has 3 aromatic carbocycles. The number of amides is 4. The van der Waals surface area contributed by atoms with Crippen LogP contribution in [0.1, 0.15) is 31.4 Å². The Kier molecular flexibility index (Phi) is 9.94. The molecule has 0 saturated carbocycles. The van der Waals surface area contributed by atoms with Crippen molar-refractivity contribution >= 4 is 75.4 Å². The third-order valence-corrected chi connectivity index (χ3v) is 7.22. The molecule has 3 aromatic rings. The van der Waals surface area contributed by atoms with E-state index in [2.05, 4.69) is 27.9 Å². The van der Waals surface area contributed by atoms with Crippen LogP contribution in [0.25, 0.3) is 6.08 Å². The molecule has 0 atom stereocenters. The van der Waals surface area contributed by atoms with Gasteiger partial charge in [0.25, 0.3) is 11.8 Å². The van der Waals surface area contributed by atoms with Crippen LogP contribution in [-0.2, 0) is 16.2 Å². The minimum atomic E-state index is -0.829. The lowest BCUT2D eigenvalue weighted by molar-refractivity contribution is -0.122. The molecule has 0 unspecified atom stereocenters. The SMILES string of the molecule is CCCOc1ccc(N2C(=O)NC(=O)/C(=C/c3cc(I)c(OCc4ccc(Cl)c(Cl)c4)c(OCC)c3)C2=O)cc1. The van der Waals surface area contributed by atoms with Crippen LogP contribution in [-0.4, -0.2) is 31.1 Å². The molecule has 0 aromatic heterocycles. The van der Waals surface area contributed by atoms with E-state index in [9.17, 15) is 14.4 Å². The molecule has 4 rings (SSSR count). The van der Waals surface area contributed by atoms with Gasteiger partial charge in [-0.15, -0.1) is 0 Å². The molecule has 0 bridgehead atoms. The van der Waals surface area contributed by atoms with Gasteiger partial charge in [0.1, 0.15) is 17.9 Å². The molecule has 40 heavy (non-hydrogen) atoms. The molecule has 1 saturated heterocycles. The first-order chi connectivity index (χ1) is 19.2. The highest BCUT2D eigenvalue weighted by Crippen LogP contribution is 2.36. The van der Waals surface area contributed by atoms with Gasteiger partial charge >= 0.3 is 6.03 Å². The number of halogens is 3. The highest BCUT2D eigenvalue weighted by molar-refractivity contribution is 14.1. The van der Waals surface area contributed by atoms with Crippen LogP contribution in [0.2, 0.25) is 10.0 Å². The minimum absolute atomic E-state index is 0.200. The molecule has 1 heterocycles. The molecular weight excluding hydrogens is 670 g/mol. The van der Waals surface area contributed by atoms with Gasteiger partial charge in [-0.2, -0.15) is 0 Å². The van der Waals surface area contributed by atoms with Gasteiger partial charge in [-0.25, -0.2) is 9.69 Å². The standard InChI is InChI=1S/C29H25Cl2IN2O6/c1-3-11-39-20-8-6-19(7-9-20)34-28(36)21(27(35)33-29(34)37)12-18-14-24(32)26(25(15-18)38-4-2)40-16-17-5-10-22(30)23(31)13-17/h5-10,12-15H,3-4,11,16H2,1-2H3,(H,33,35,37)/b21-12-. The van der Waals surface area contributed by atoms with E-state index in [0.29, 0.717) is 55.3 Å². The lowest BCUT2D eigenvalue weighted by Crippen LogP contribution is -2.54. The molecule has 1 aliphatic heterocycles. The second-order valence-electron chi connectivity index (χ2n) is 8.60. The fourth-order valence-corrected chi connectivity index (χ4v) is 4.93. The number of nitrogens with zero attached hydrogens (tertiary/aromatic N) is 1. The number of imide groups is 2. The fraction of sp³-hybridized carbons (Fsp3) is 0.207. The van der Waals surface area contributed by atoms with E-state index >= 15 is 0 Å². The summed E-state index contributed by atoms with van der Waals surface area (Å²) in [6.07, 6.45) is 2.27. The summed E-state index contributed by atoms with van der Waals surface area (Å²) in [6, 6.07) is 14.3. The predicted octanol–water partition coefficient (Wildman–Crippen LogP) is 7.03. The number of benzene rings is 3. The Hall–Kier alpha value is -3.28. The number of carbonyl (C=O) groups excluding carboxylic acids is 3. The highest BCUT2D eigenvalue weighted by atomic mass is 127. The molecule has 1 aliphatic rings. The Labute approximate surface area is 255 Å². The van der Waals surface area contributed by atoms with Crippen LogP contribution in [0.3, 0.4) is 0 Å². The van der Waals surface area contributed by atoms with Gasteiger partial charge < -0.3 is 14.2 Å². The summed E-state index contributed by atoms with van der Waals surface area (Å²) in [6.45, 7) is 4.95. The number of carbonyl (C=O) groups is 3. The lowest BCUT2D eigenvalue weighted by Gasteiger charge is -2.26. The quantitative estimate of drug-likeness (QED) is 0.139. The number of anilines is 1. The van der Waals surface area contributed by atoms with Gasteiger partial charge in [-0.3, -0.25) is 14.9 Å². The second kappa shape index (κ2) is 13.4. The number of rotatable bonds is 10.